The van der Waals surface area contributed by atoms with E-state index in [0.29, 0.717) is 12.3 Å². The Hall–Kier alpha value is -2.04. The number of hydrogen-bond donors (Lipinski definition) is 1. The Labute approximate surface area is 99.0 Å². The van der Waals surface area contributed by atoms with Crippen LogP contribution in [0.3, 0.4) is 0 Å². The van der Waals surface area contributed by atoms with Crippen LogP contribution >= 0.6 is 0 Å². The Morgan fingerprint density at radius 1 is 1.41 bits per heavy atom. The van der Waals surface area contributed by atoms with E-state index in [9.17, 15) is 4.39 Å². The quantitative estimate of drug-likeness (QED) is 0.882. The number of nitrogens with zero attached hydrogens (tertiary/aromatic N) is 2. The van der Waals surface area contributed by atoms with Gasteiger partial charge >= 0.3 is 0 Å². The Bertz CT molecular complexity index is 510. The van der Waals surface area contributed by atoms with E-state index >= 15 is 0 Å². The summed E-state index contributed by atoms with van der Waals surface area (Å²) in [7, 11) is 3.38. The first-order valence-corrected chi connectivity index (χ1v) is 5.25. The molecule has 0 saturated carbocycles. The number of aromatic nitrogens is 2. The molecule has 1 N–H and O–H groups in total. The van der Waals surface area contributed by atoms with Crippen molar-refractivity contribution < 1.29 is 9.13 Å². The number of nitrogens with one attached hydrogen (secondary N) is 1. The highest BCUT2D eigenvalue weighted by molar-refractivity contribution is 5.56. The third kappa shape index (κ3) is 2.75. The van der Waals surface area contributed by atoms with Gasteiger partial charge in [0.05, 0.1) is 25.0 Å². The van der Waals surface area contributed by atoms with Gasteiger partial charge in [0, 0.05) is 19.3 Å². The summed E-state index contributed by atoms with van der Waals surface area (Å²) in [4.78, 5) is 0. The summed E-state index contributed by atoms with van der Waals surface area (Å²) in [6, 6.07) is 6.31. The smallest absolute Gasteiger partial charge is 0.144 e. The first kappa shape index (κ1) is 11.4. The molecule has 5 heteroatoms. The van der Waals surface area contributed by atoms with Crippen molar-refractivity contribution in [1.29, 1.82) is 0 Å². The van der Waals surface area contributed by atoms with Crippen LogP contribution in [0.5, 0.6) is 5.75 Å². The van der Waals surface area contributed by atoms with Gasteiger partial charge in [0.2, 0.25) is 0 Å². The van der Waals surface area contributed by atoms with Crippen molar-refractivity contribution in [2.45, 2.75) is 6.54 Å². The number of rotatable bonds is 4. The van der Waals surface area contributed by atoms with Gasteiger partial charge in [0.1, 0.15) is 11.6 Å². The molecule has 0 bridgehead atoms. The van der Waals surface area contributed by atoms with Crippen LogP contribution in [0.4, 0.5) is 10.1 Å². The fraction of sp³-hybridized carbons (Fsp3) is 0.250. The van der Waals surface area contributed by atoms with Crippen molar-refractivity contribution in [3.8, 4) is 5.75 Å². The van der Waals surface area contributed by atoms with Crippen LogP contribution in [0.25, 0.3) is 0 Å². The summed E-state index contributed by atoms with van der Waals surface area (Å²) in [5, 5.41) is 7.39. The van der Waals surface area contributed by atoms with Crippen molar-refractivity contribution in [3.05, 3.63) is 42.0 Å². The number of methoxy groups -OCH3 is 1. The lowest BCUT2D eigenvalue weighted by Crippen LogP contribution is -2.03. The molecule has 2 rings (SSSR count). The molecule has 0 radical (unpaired) electrons. The molecule has 0 aliphatic carbocycles. The van der Waals surface area contributed by atoms with Crippen molar-refractivity contribution in [1.82, 2.24) is 9.78 Å². The van der Waals surface area contributed by atoms with E-state index in [4.69, 9.17) is 4.74 Å². The van der Waals surface area contributed by atoms with Crippen molar-refractivity contribution >= 4 is 5.69 Å². The summed E-state index contributed by atoms with van der Waals surface area (Å²) in [6.45, 7) is 0.572. The fourth-order valence-electron chi connectivity index (χ4n) is 1.55. The molecule has 0 amide bonds. The number of benzene rings is 1. The van der Waals surface area contributed by atoms with Crippen LogP contribution in [0, 0.1) is 5.82 Å². The summed E-state index contributed by atoms with van der Waals surface area (Å²) in [5.41, 5.74) is 1.67. The Balaban J connectivity index is 2.08. The van der Waals surface area contributed by atoms with Gasteiger partial charge in [0.25, 0.3) is 0 Å². The molecule has 0 spiro atoms. The zero-order valence-corrected chi connectivity index (χ0v) is 9.77. The lowest BCUT2D eigenvalue weighted by atomic mass is 10.2. The van der Waals surface area contributed by atoms with Crippen molar-refractivity contribution in [2.75, 3.05) is 12.4 Å². The zero-order chi connectivity index (χ0) is 12.3. The summed E-state index contributed by atoms with van der Waals surface area (Å²) >= 11 is 0. The molecule has 1 aromatic heterocycles. The maximum Gasteiger partial charge on any atom is 0.144 e. The van der Waals surface area contributed by atoms with Crippen LogP contribution in [0.15, 0.2) is 30.5 Å². The number of anilines is 1. The van der Waals surface area contributed by atoms with Gasteiger partial charge in [-0.15, -0.1) is 0 Å². The highest BCUT2D eigenvalue weighted by Crippen LogP contribution is 2.25. The SMILES string of the molecule is COc1cc(F)ccc1NCc1ccn(C)n1. The molecule has 4 nitrogen and oxygen atoms in total. The monoisotopic (exact) mass is 235 g/mol. The van der Waals surface area contributed by atoms with Gasteiger partial charge in [-0.1, -0.05) is 0 Å². The molecule has 1 heterocycles. The van der Waals surface area contributed by atoms with Crippen LogP contribution in [0.1, 0.15) is 5.69 Å². The second kappa shape index (κ2) is 4.86. The lowest BCUT2D eigenvalue weighted by molar-refractivity contribution is 0.413. The normalized spacial score (nSPS) is 10.3. The number of ether oxygens (including phenoxy) is 1. The average molecular weight is 235 g/mol. The minimum absolute atomic E-state index is 0.315. The highest BCUT2D eigenvalue weighted by Gasteiger charge is 2.04. The Morgan fingerprint density at radius 2 is 2.24 bits per heavy atom. The molecule has 90 valence electrons. The van der Waals surface area contributed by atoms with Gasteiger partial charge in [-0.2, -0.15) is 5.10 Å². The van der Waals surface area contributed by atoms with Crippen LogP contribution in [-0.4, -0.2) is 16.9 Å². The van der Waals surface area contributed by atoms with Crippen molar-refractivity contribution in [3.63, 3.8) is 0 Å². The Kier molecular flexibility index (Phi) is 3.27. The zero-order valence-electron chi connectivity index (χ0n) is 9.77. The predicted molar refractivity (Wildman–Crippen MR) is 63.5 cm³/mol. The van der Waals surface area contributed by atoms with E-state index in [1.807, 2.05) is 19.3 Å². The maximum absolute atomic E-state index is 13.0. The predicted octanol–water partition coefficient (Wildman–Crippen LogP) is 2.18. The first-order valence-electron chi connectivity index (χ1n) is 5.25. The third-order valence-electron chi connectivity index (χ3n) is 2.39. The number of halogens is 1. The fourth-order valence-corrected chi connectivity index (χ4v) is 1.55. The van der Waals surface area contributed by atoms with Crippen LogP contribution in [-0.2, 0) is 13.6 Å². The largest absolute Gasteiger partial charge is 0.494 e. The molecular formula is C12H14FN3O. The molecule has 0 saturated heterocycles. The minimum Gasteiger partial charge on any atom is -0.494 e. The third-order valence-corrected chi connectivity index (χ3v) is 2.39. The van der Waals surface area contributed by atoms with E-state index in [-0.39, 0.29) is 5.82 Å². The van der Waals surface area contributed by atoms with E-state index in [2.05, 4.69) is 10.4 Å². The van der Waals surface area contributed by atoms with E-state index < -0.39 is 0 Å². The minimum atomic E-state index is -0.315. The highest BCUT2D eigenvalue weighted by atomic mass is 19.1. The summed E-state index contributed by atoms with van der Waals surface area (Å²) < 4.78 is 19.8. The second-order valence-electron chi connectivity index (χ2n) is 3.68. The lowest BCUT2D eigenvalue weighted by Gasteiger charge is -2.09. The number of aryl methyl sites for hydroxylation is 1. The maximum atomic E-state index is 13.0. The van der Waals surface area contributed by atoms with Gasteiger partial charge in [-0.3, -0.25) is 4.68 Å². The summed E-state index contributed by atoms with van der Waals surface area (Å²) in [6.07, 6.45) is 1.87. The summed E-state index contributed by atoms with van der Waals surface area (Å²) in [5.74, 6) is 0.172. The van der Waals surface area contributed by atoms with Crippen molar-refractivity contribution in [2.24, 2.45) is 7.05 Å². The molecule has 2 aromatic rings. The molecule has 1 aromatic carbocycles. The average Bonchev–Trinajstić information content (AvgIpc) is 2.73. The van der Waals surface area contributed by atoms with E-state index in [0.717, 1.165) is 11.4 Å². The van der Waals surface area contributed by atoms with Gasteiger partial charge in [-0.05, 0) is 18.2 Å². The topological polar surface area (TPSA) is 39.1 Å². The molecule has 0 atom stereocenters. The second-order valence-corrected chi connectivity index (χ2v) is 3.68. The van der Waals surface area contributed by atoms with Crippen LogP contribution < -0.4 is 10.1 Å². The molecule has 0 aliphatic rings. The Morgan fingerprint density at radius 3 is 2.88 bits per heavy atom. The van der Waals surface area contributed by atoms with Gasteiger partial charge in [-0.25, -0.2) is 4.39 Å². The van der Waals surface area contributed by atoms with Crippen LogP contribution in [0.2, 0.25) is 0 Å². The van der Waals surface area contributed by atoms with E-state index in [1.165, 1.54) is 19.2 Å². The molecule has 17 heavy (non-hydrogen) atoms. The first-order chi connectivity index (χ1) is 8.19. The number of hydrogen-bond acceptors (Lipinski definition) is 3. The molecule has 0 aliphatic heterocycles. The molecule has 0 fully saturated rings. The van der Waals surface area contributed by atoms with Gasteiger partial charge < -0.3 is 10.1 Å². The molecular weight excluding hydrogens is 221 g/mol. The van der Waals surface area contributed by atoms with E-state index in [1.54, 1.807) is 10.7 Å². The molecule has 0 unspecified atom stereocenters. The standard InChI is InChI=1S/C12H14FN3O/c1-16-6-5-10(15-16)8-14-11-4-3-9(13)7-12(11)17-2/h3-7,14H,8H2,1-2H3. The van der Waals surface area contributed by atoms with Gasteiger partial charge in [0.15, 0.2) is 0 Å².